The summed E-state index contributed by atoms with van der Waals surface area (Å²) in [6.45, 7) is 3.08. The van der Waals surface area contributed by atoms with Crippen LogP contribution in [0.5, 0.6) is 0 Å². The second-order valence-electron chi connectivity index (χ2n) is 4.88. The van der Waals surface area contributed by atoms with Crippen LogP contribution in [0, 0.1) is 0 Å². The zero-order valence-corrected chi connectivity index (χ0v) is 11.7. The van der Waals surface area contributed by atoms with Gasteiger partial charge in [-0.15, -0.1) is 0 Å². The lowest BCUT2D eigenvalue weighted by Crippen LogP contribution is -2.43. The molecule has 1 aliphatic rings. The van der Waals surface area contributed by atoms with Gasteiger partial charge in [0.05, 0.1) is 0 Å². The first kappa shape index (κ1) is 14.0. The molecule has 0 unspecified atom stereocenters. The minimum absolute atomic E-state index is 0.0429. The first-order valence-electron chi connectivity index (χ1n) is 6.78. The predicted molar refractivity (Wildman–Crippen MR) is 80.5 cm³/mol. The molecule has 2 aromatic carbocycles. The first-order valence-corrected chi connectivity index (χ1v) is 6.78. The number of carbonyl (C=O) groups excluding carboxylic acids is 3. The van der Waals surface area contributed by atoms with Gasteiger partial charge < -0.3 is 4.74 Å². The number of benzene rings is 2. The van der Waals surface area contributed by atoms with Crippen molar-refractivity contribution >= 4 is 28.6 Å². The third kappa shape index (κ3) is 2.16. The Morgan fingerprint density at radius 3 is 2.23 bits per heavy atom. The Morgan fingerprint density at radius 2 is 1.68 bits per heavy atom. The number of hydrogen-bond donors (Lipinski definition) is 0. The molecule has 0 saturated heterocycles. The first-order chi connectivity index (χ1) is 10.6. The van der Waals surface area contributed by atoms with Crippen LogP contribution in [-0.2, 0) is 9.53 Å². The number of amides is 2. The molecule has 2 amide bonds. The van der Waals surface area contributed by atoms with Gasteiger partial charge in [0.25, 0.3) is 11.8 Å². The Bertz CT molecular complexity index is 759. The highest BCUT2D eigenvalue weighted by molar-refractivity contribution is 6.26. The van der Waals surface area contributed by atoms with E-state index in [1.807, 2.05) is 12.1 Å². The van der Waals surface area contributed by atoms with Gasteiger partial charge in [-0.3, -0.25) is 19.3 Å². The van der Waals surface area contributed by atoms with Gasteiger partial charge >= 0.3 is 5.97 Å². The lowest BCUT2D eigenvalue weighted by atomic mass is 9.94. The number of hydrogen-bond acceptors (Lipinski definition) is 4. The molecule has 0 fully saturated rings. The predicted octanol–water partition coefficient (Wildman–Crippen LogP) is 2.17. The maximum absolute atomic E-state index is 12.5. The molecule has 0 atom stereocenters. The molecule has 0 N–H and O–H groups in total. The topological polar surface area (TPSA) is 63.7 Å². The molecular weight excluding hydrogens is 282 g/mol. The summed E-state index contributed by atoms with van der Waals surface area (Å²) in [7, 11) is 0. The van der Waals surface area contributed by atoms with Crippen LogP contribution in [0.3, 0.4) is 0 Å². The minimum atomic E-state index is -0.645. The summed E-state index contributed by atoms with van der Waals surface area (Å²) in [6, 6.07) is 10.5. The highest BCUT2D eigenvalue weighted by atomic mass is 16.5. The van der Waals surface area contributed by atoms with Gasteiger partial charge in [0.15, 0.2) is 0 Å². The summed E-state index contributed by atoms with van der Waals surface area (Å²) in [5.41, 5.74) is 0.841. The lowest BCUT2D eigenvalue weighted by Gasteiger charge is -2.26. The van der Waals surface area contributed by atoms with E-state index in [4.69, 9.17) is 4.74 Å². The van der Waals surface area contributed by atoms with Crippen molar-refractivity contribution in [2.75, 3.05) is 13.2 Å². The third-order valence-electron chi connectivity index (χ3n) is 3.51. The summed E-state index contributed by atoms with van der Waals surface area (Å²) in [5, 5.41) is 1.46. The van der Waals surface area contributed by atoms with Crippen molar-refractivity contribution in [2.24, 2.45) is 0 Å². The Labute approximate surface area is 126 Å². The van der Waals surface area contributed by atoms with Gasteiger partial charge in [0, 0.05) is 16.5 Å². The van der Waals surface area contributed by atoms with E-state index in [2.05, 4.69) is 6.58 Å². The normalized spacial score (nSPS) is 13.4. The molecule has 110 valence electrons. The van der Waals surface area contributed by atoms with Crippen molar-refractivity contribution < 1.29 is 19.1 Å². The van der Waals surface area contributed by atoms with Gasteiger partial charge in [-0.1, -0.05) is 36.9 Å². The Morgan fingerprint density at radius 1 is 1.09 bits per heavy atom. The number of carbonyl (C=O) groups is 3. The smallest absolute Gasteiger partial charge is 0.326 e. The second kappa shape index (κ2) is 5.44. The largest absolute Gasteiger partial charge is 0.460 e. The quantitative estimate of drug-likeness (QED) is 0.492. The maximum atomic E-state index is 12.5. The number of ether oxygens (including phenoxy) is 1. The Kier molecular flexibility index (Phi) is 3.47. The fraction of sp³-hybridized carbons (Fsp3) is 0.118. The second-order valence-corrected chi connectivity index (χ2v) is 4.88. The van der Waals surface area contributed by atoms with Gasteiger partial charge in [-0.2, -0.15) is 0 Å². The molecule has 0 aliphatic carbocycles. The van der Waals surface area contributed by atoms with Gasteiger partial charge in [0.1, 0.15) is 13.2 Å². The molecule has 0 bridgehead atoms. The van der Waals surface area contributed by atoms with Crippen LogP contribution >= 0.6 is 0 Å². The monoisotopic (exact) mass is 295 g/mol. The Hall–Kier alpha value is -2.95. The van der Waals surface area contributed by atoms with Crippen LogP contribution < -0.4 is 0 Å². The van der Waals surface area contributed by atoms with E-state index >= 15 is 0 Å². The van der Waals surface area contributed by atoms with E-state index in [0.717, 1.165) is 10.3 Å². The fourth-order valence-electron chi connectivity index (χ4n) is 2.55. The van der Waals surface area contributed by atoms with Crippen LogP contribution in [0.15, 0.2) is 49.1 Å². The van der Waals surface area contributed by atoms with E-state index in [9.17, 15) is 14.4 Å². The highest BCUT2D eigenvalue weighted by Crippen LogP contribution is 2.29. The number of rotatable bonds is 4. The average molecular weight is 295 g/mol. The molecule has 2 aromatic rings. The fourth-order valence-corrected chi connectivity index (χ4v) is 2.55. The van der Waals surface area contributed by atoms with Crippen molar-refractivity contribution in [2.45, 2.75) is 0 Å². The van der Waals surface area contributed by atoms with Crippen LogP contribution in [0.2, 0.25) is 0 Å². The standard InChI is InChI=1S/C17H13NO4/c1-2-9-22-14(19)10-18-16(20)12-7-3-5-11-6-4-8-13(15(11)12)17(18)21/h2-8H,1,9-10H2. The molecule has 0 aromatic heterocycles. The van der Waals surface area contributed by atoms with Crippen molar-refractivity contribution in [3.05, 3.63) is 60.2 Å². The SMILES string of the molecule is C=CCOC(=O)CN1C(=O)c2cccc3cccc(c23)C1=O. The van der Waals surface area contributed by atoms with Gasteiger partial charge in [-0.05, 0) is 17.5 Å². The van der Waals surface area contributed by atoms with Crippen molar-refractivity contribution in [1.29, 1.82) is 0 Å². The molecule has 3 rings (SSSR count). The summed E-state index contributed by atoms with van der Waals surface area (Å²) >= 11 is 0. The van der Waals surface area contributed by atoms with Crippen molar-refractivity contribution in [1.82, 2.24) is 4.90 Å². The zero-order valence-electron chi connectivity index (χ0n) is 11.7. The van der Waals surface area contributed by atoms with Crippen LogP contribution in [0.1, 0.15) is 20.7 Å². The van der Waals surface area contributed by atoms with E-state index in [1.54, 1.807) is 24.3 Å². The highest BCUT2D eigenvalue weighted by Gasteiger charge is 2.34. The third-order valence-corrected chi connectivity index (χ3v) is 3.51. The number of imide groups is 1. The van der Waals surface area contributed by atoms with Crippen molar-refractivity contribution in [3.8, 4) is 0 Å². The molecular formula is C17H13NO4. The summed E-state index contributed by atoms with van der Waals surface area (Å²) < 4.78 is 4.85. The molecule has 0 spiro atoms. The summed E-state index contributed by atoms with van der Waals surface area (Å²) in [4.78, 5) is 37.6. The lowest BCUT2D eigenvalue weighted by molar-refractivity contribution is -0.142. The molecule has 0 radical (unpaired) electrons. The molecule has 1 aliphatic heterocycles. The zero-order chi connectivity index (χ0) is 15.7. The van der Waals surface area contributed by atoms with Crippen LogP contribution in [0.4, 0.5) is 0 Å². The molecule has 1 heterocycles. The van der Waals surface area contributed by atoms with E-state index in [0.29, 0.717) is 16.5 Å². The van der Waals surface area contributed by atoms with Crippen molar-refractivity contribution in [3.63, 3.8) is 0 Å². The van der Waals surface area contributed by atoms with Crippen LogP contribution in [0.25, 0.3) is 10.8 Å². The Balaban J connectivity index is 2.01. The van der Waals surface area contributed by atoms with E-state index in [-0.39, 0.29) is 6.61 Å². The van der Waals surface area contributed by atoms with E-state index < -0.39 is 24.3 Å². The molecule has 0 saturated carbocycles. The van der Waals surface area contributed by atoms with Gasteiger partial charge in [0.2, 0.25) is 0 Å². The molecule has 5 nitrogen and oxygen atoms in total. The van der Waals surface area contributed by atoms with E-state index in [1.165, 1.54) is 6.08 Å². The molecule has 22 heavy (non-hydrogen) atoms. The minimum Gasteiger partial charge on any atom is -0.460 e. The van der Waals surface area contributed by atoms with Gasteiger partial charge in [-0.25, -0.2) is 0 Å². The summed E-state index contributed by atoms with van der Waals surface area (Å²) in [6.07, 6.45) is 1.42. The van der Waals surface area contributed by atoms with Crippen LogP contribution in [-0.4, -0.2) is 35.8 Å². The molecule has 5 heteroatoms. The average Bonchev–Trinajstić information content (AvgIpc) is 2.54. The maximum Gasteiger partial charge on any atom is 0.326 e. The number of nitrogens with zero attached hydrogens (tertiary/aromatic N) is 1. The summed E-state index contributed by atoms with van der Waals surface area (Å²) in [5.74, 6) is -1.61. The number of esters is 1.